The summed E-state index contributed by atoms with van der Waals surface area (Å²) in [6, 6.07) is 6.00. The predicted octanol–water partition coefficient (Wildman–Crippen LogP) is 2.93. The summed E-state index contributed by atoms with van der Waals surface area (Å²) in [7, 11) is 0. The maximum absolute atomic E-state index is 11.8. The molecule has 0 aromatic heterocycles. The Hall–Kier alpha value is -1.11. The molecule has 1 aliphatic rings. The van der Waals surface area contributed by atoms with E-state index in [1.807, 2.05) is 19.1 Å². The second-order valence-corrected chi connectivity index (χ2v) is 3.98. The summed E-state index contributed by atoms with van der Waals surface area (Å²) in [6.07, 6.45) is 0. The van der Waals surface area contributed by atoms with Gasteiger partial charge in [-0.25, -0.2) is 0 Å². The normalized spacial score (nSPS) is 26.2. The van der Waals surface area contributed by atoms with Crippen molar-refractivity contribution in [2.24, 2.45) is 5.92 Å². The summed E-state index contributed by atoms with van der Waals surface area (Å²) in [4.78, 5) is 11.8. The van der Waals surface area contributed by atoms with E-state index in [1.54, 1.807) is 0 Å². The second-order valence-electron chi connectivity index (χ2n) is 3.98. The predicted molar refractivity (Wildman–Crippen MR) is 53.1 cm³/mol. The molecule has 0 saturated heterocycles. The summed E-state index contributed by atoms with van der Waals surface area (Å²) >= 11 is 0. The van der Waals surface area contributed by atoms with Crippen molar-refractivity contribution < 1.29 is 4.79 Å². The first-order chi connectivity index (χ1) is 6.13. The Morgan fingerprint density at radius 3 is 2.46 bits per heavy atom. The quantitative estimate of drug-likeness (QED) is 0.591. The third kappa shape index (κ3) is 1.03. The van der Waals surface area contributed by atoms with Crippen LogP contribution < -0.4 is 0 Å². The fourth-order valence-electron chi connectivity index (χ4n) is 2.22. The second kappa shape index (κ2) is 2.69. The number of ketones is 1. The third-order valence-corrected chi connectivity index (χ3v) is 3.21. The lowest BCUT2D eigenvalue weighted by molar-refractivity contribution is 0.0937. The first-order valence-corrected chi connectivity index (χ1v) is 4.76. The van der Waals surface area contributed by atoms with Crippen molar-refractivity contribution >= 4 is 5.78 Å². The molecule has 0 fully saturated rings. The van der Waals surface area contributed by atoms with Crippen LogP contribution in [0, 0.1) is 12.8 Å². The smallest absolute Gasteiger partial charge is 0.166 e. The van der Waals surface area contributed by atoms with E-state index in [0.717, 1.165) is 5.56 Å². The van der Waals surface area contributed by atoms with Crippen LogP contribution in [0.4, 0.5) is 0 Å². The highest BCUT2D eigenvalue weighted by molar-refractivity contribution is 6.03. The van der Waals surface area contributed by atoms with E-state index >= 15 is 0 Å². The maximum atomic E-state index is 11.8. The largest absolute Gasteiger partial charge is 0.294 e. The Morgan fingerprint density at radius 1 is 1.15 bits per heavy atom. The molecule has 2 atom stereocenters. The molecule has 0 bridgehead atoms. The summed E-state index contributed by atoms with van der Waals surface area (Å²) in [5, 5.41) is 0. The highest BCUT2D eigenvalue weighted by Crippen LogP contribution is 2.38. The minimum absolute atomic E-state index is 0.163. The molecule has 2 rings (SSSR count). The van der Waals surface area contributed by atoms with E-state index in [2.05, 4.69) is 19.9 Å². The molecular formula is C12H14O. The average Bonchev–Trinajstić information content (AvgIpc) is 2.33. The van der Waals surface area contributed by atoms with Gasteiger partial charge in [-0.3, -0.25) is 4.79 Å². The van der Waals surface area contributed by atoms with E-state index in [9.17, 15) is 4.79 Å². The Kier molecular flexibility index (Phi) is 1.76. The van der Waals surface area contributed by atoms with E-state index in [-0.39, 0.29) is 5.92 Å². The molecule has 68 valence electrons. The SMILES string of the molecule is Cc1cccc2c1C(C)C(C)C2=O. The van der Waals surface area contributed by atoms with Crippen molar-refractivity contribution in [1.82, 2.24) is 0 Å². The van der Waals surface area contributed by atoms with Gasteiger partial charge >= 0.3 is 0 Å². The molecule has 1 nitrogen and oxygen atoms in total. The van der Waals surface area contributed by atoms with Crippen molar-refractivity contribution in [3.63, 3.8) is 0 Å². The summed E-state index contributed by atoms with van der Waals surface area (Å²) in [6.45, 7) is 6.24. The van der Waals surface area contributed by atoms with Gasteiger partial charge in [-0.2, -0.15) is 0 Å². The van der Waals surface area contributed by atoms with Gasteiger partial charge in [0.15, 0.2) is 5.78 Å². The lowest BCUT2D eigenvalue weighted by Crippen LogP contribution is -2.06. The van der Waals surface area contributed by atoms with Crippen LogP contribution in [0.3, 0.4) is 0 Å². The number of hydrogen-bond acceptors (Lipinski definition) is 1. The van der Waals surface area contributed by atoms with Crippen LogP contribution in [0.25, 0.3) is 0 Å². The van der Waals surface area contributed by atoms with Crippen molar-refractivity contribution in [2.45, 2.75) is 26.7 Å². The summed E-state index contributed by atoms with van der Waals surface area (Å²) in [5.74, 6) is 0.867. The van der Waals surface area contributed by atoms with Gasteiger partial charge in [-0.15, -0.1) is 0 Å². The molecule has 1 aromatic rings. The molecule has 0 spiro atoms. The van der Waals surface area contributed by atoms with Crippen molar-refractivity contribution in [2.75, 3.05) is 0 Å². The monoisotopic (exact) mass is 174 g/mol. The van der Waals surface area contributed by atoms with Gasteiger partial charge in [0.25, 0.3) is 0 Å². The van der Waals surface area contributed by atoms with E-state index in [4.69, 9.17) is 0 Å². The highest BCUT2D eigenvalue weighted by Gasteiger charge is 2.34. The standard InChI is InChI=1S/C12H14O/c1-7-5-4-6-10-11(7)8(2)9(3)12(10)13/h4-6,8-9H,1-3H3. The van der Waals surface area contributed by atoms with Crippen molar-refractivity contribution in [1.29, 1.82) is 0 Å². The van der Waals surface area contributed by atoms with Crippen molar-refractivity contribution in [3.05, 3.63) is 34.9 Å². The third-order valence-electron chi connectivity index (χ3n) is 3.21. The van der Waals surface area contributed by atoms with E-state index < -0.39 is 0 Å². The number of benzene rings is 1. The van der Waals surface area contributed by atoms with Gasteiger partial charge in [-0.05, 0) is 24.0 Å². The number of rotatable bonds is 0. The van der Waals surface area contributed by atoms with Gasteiger partial charge in [0.1, 0.15) is 0 Å². The molecule has 1 aliphatic carbocycles. The average molecular weight is 174 g/mol. The molecular weight excluding hydrogens is 160 g/mol. The van der Waals surface area contributed by atoms with E-state index in [0.29, 0.717) is 11.7 Å². The molecule has 2 unspecified atom stereocenters. The van der Waals surface area contributed by atoms with Crippen LogP contribution in [0.5, 0.6) is 0 Å². The zero-order valence-electron chi connectivity index (χ0n) is 8.29. The Morgan fingerprint density at radius 2 is 1.85 bits per heavy atom. The zero-order valence-corrected chi connectivity index (χ0v) is 8.29. The molecule has 0 radical (unpaired) electrons. The molecule has 0 saturated carbocycles. The Labute approximate surface area is 78.8 Å². The fraction of sp³-hybridized carbons (Fsp3) is 0.417. The fourth-order valence-corrected chi connectivity index (χ4v) is 2.22. The molecule has 1 aromatic carbocycles. The van der Waals surface area contributed by atoms with Gasteiger partial charge in [0, 0.05) is 11.5 Å². The van der Waals surface area contributed by atoms with Crippen LogP contribution in [-0.2, 0) is 0 Å². The van der Waals surface area contributed by atoms with Crippen LogP contribution in [-0.4, -0.2) is 5.78 Å². The number of Topliss-reactive ketones (excluding diaryl/α,β-unsaturated/α-hetero) is 1. The number of carbonyl (C=O) groups excluding carboxylic acids is 1. The molecule has 13 heavy (non-hydrogen) atoms. The minimum Gasteiger partial charge on any atom is -0.294 e. The van der Waals surface area contributed by atoms with Gasteiger partial charge < -0.3 is 0 Å². The number of fused-ring (bicyclic) bond motifs is 1. The Balaban J connectivity index is 2.66. The van der Waals surface area contributed by atoms with Gasteiger partial charge in [0.2, 0.25) is 0 Å². The highest BCUT2D eigenvalue weighted by atomic mass is 16.1. The first kappa shape index (κ1) is 8.49. The van der Waals surface area contributed by atoms with Crippen LogP contribution >= 0.6 is 0 Å². The maximum Gasteiger partial charge on any atom is 0.166 e. The summed E-state index contributed by atoms with van der Waals surface area (Å²) in [5.41, 5.74) is 3.46. The minimum atomic E-state index is 0.163. The first-order valence-electron chi connectivity index (χ1n) is 4.76. The van der Waals surface area contributed by atoms with Crippen LogP contribution in [0.1, 0.15) is 41.3 Å². The lowest BCUT2D eigenvalue weighted by Gasteiger charge is -2.10. The molecule has 0 aliphatic heterocycles. The lowest BCUT2D eigenvalue weighted by atomic mass is 9.93. The molecule has 0 heterocycles. The van der Waals surface area contributed by atoms with E-state index in [1.165, 1.54) is 11.1 Å². The number of hydrogen-bond donors (Lipinski definition) is 0. The van der Waals surface area contributed by atoms with Crippen molar-refractivity contribution in [3.8, 4) is 0 Å². The van der Waals surface area contributed by atoms with Crippen LogP contribution in [0.2, 0.25) is 0 Å². The Bertz CT molecular complexity index is 365. The molecule has 0 N–H and O–H groups in total. The zero-order chi connectivity index (χ0) is 9.59. The number of aryl methyl sites for hydroxylation is 1. The number of carbonyl (C=O) groups is 1. The van der Waals surface area contributed by atoms with Gasteiger partial charge in [-0.1, -0.05) is 32.0 Å². The topological polar surface area (TPSA) is 17.1 Å². The molecule has 1 heteroatoms. The van der Waals surface area contributed by atoms with Crippen LogP contribution in [0.15, 0.2) is 18.2 Å². The summed E-state index contributed by atoms with van der Waals surface area (Å²) < 4.78 is 0. The van der Waals surface area contributed by atoms with Gasteiger partial charge in [0.05, 0.1) is 0 Å². The molecule has 0 amide bonds.